The summed E-state index contributed by atoms with van der Waals surface area (Å²) in [5.74, 6) is 0.346. The van der Waals surface area contributed by atoms with Crippen molar-refractivity contribution in [1.82, 2.24) is 4.98 Å². The number of aryl methyl sites for hydroxylation is 3. The van der Waals surface area contributed by atoms with Crippen molar-refractivity contribution in [2.24, 2.45) is 10.9 Å². The maximum atomic E-state index is 5.83. The van der Waals surface area contributed by atoms with Crippen LogP contribution in [0.15, 0.2) is 166 Å². The van der Waals surface area contributed by atoms with E-state index in [0.717, 1.165) is 35.5 Å². The van der Waals surface area contributed by atoms with Crippen molar-refractivity contribution in [3.05, 3.63) is 208 Å². The van der Waals surface area contributed by atoms with E-state index >= 15 is 0 Å². The molecule has 3 aliphatic rings. The Balaban J connectivity index is 1.17. The summed E-state index contributed by atoms with van der Waals surface area (Å²) >= 11 is 1.90. The number of fused-ring (bicyclic) bond motifs is 10. The molecule has 0 fully saturated rings. The summed E-state index contributed by atoms with van der Waals surface area (Å²) < 4.78 is 0. The summed E-state index contributed by atoms with van der Waals surface area (Å²) in [4.78, 5) is 13.2. The number of pyridine rings is 1. The lowest BCUT2D eigenvalue weighted by Gasteiger charge is -2.40. The highest BCUT2D eigenvalue weighted by Crippen LogP contribution is 2.62. The van der Waals surface area contributed by atoms with Gasteiger partial charge in [0, 0.05) is 37.9 Å². The van der Waals surface area contributed by atoms with Gasteiger partial charge in [-0.15, -0.1) is 0 Å². The summed E-state index contributed by atoms with van der Waals surface area (Å²) in [6.45, 7) is 6.54. The molecule has 53 heavy (non-hydrogen) atoms. The molecular formula is C50H40N2S. The first-order valence-corrected chi connectivity index (χ1v) is 19.6. The maximum Gasteiger partial charge on any atom is 0.0782 e. The van der Waals surface area contributed by atoms with Crippen molar-refractivity contribution < 1.29 is 0 Å². The van der Waals surface area contributed by atoms with Crippen LogP contribution in [0.25, 0.3) is 22.3 Å². The van der Waals surface area contributed by atoms with Gasteiger partial charge in [-0.2, -0.15) is 0 Å². The molecule has 6 aromatic carbocycles. The quantitative estimate of drug-likeness (QED) is 0.183. The van der Waals surface area contributed by atoms with E-state index in [1.165, 1.54) is 71.0 Å². The second-order valence-corrected chi connectivity index (χ2v) is 16.0. The molecule has 0 saturated carbocycles. The molecular weight excluding hydrogens is 661 g/mol. The van der Waals surface area contributed by atoms with Gasteiger partial charge >= 0.3 is 0 Å². The lowest BCUT2D eigenvalue weighted by atomic mass is 9.67. The molecule has 0 N–H and O–H groups in total. The summed E-state index contributed by atoms with van der Waals surface area (Å²) in [5.41, 5.74) is 18.3. The molecule has 1 aliphatic carbocycles. The number of aliphatic imine (C=N–C) groups is 1. The van der Waals surface area contributed by atoms with Crippen LogP contribution in [0.5, 0.6) is 0 Å². The Morgan fingerprint density at radius 3 is 1.91 bits per heavy atom. The molecule has 1 spiro atoms. The van der Waals surface area contributed by atoms with Gasteiger partial charge in [-0.05, 0) is 101 Å². The highest BCUT2D eigenvalue weighted by Gasteiger charge is 2.50. The van der Waals surface area contributed by atoms with Crippen molar-refractivity contribution in [3.8, 4) is 22.3 Å². The van der Waals surface area contributed by atoms with E-state index in [9.17, 15) is 0 Å². The first kappa shape index (κ1) is 32.2. The van der Waals surface area contributed by atoms with Gasteiger partial charge < -0.3 is 0 Å². The molecule has 2 nitrogen and oxygen atoms in total. The molecule has 0 saturated heterocycles. The van der Waals surface area contributed by atoms with Crippen LogP contribution in [0.4, 0.5) is 0 Å². The first-order valence-electron chi connectivity index (χ1n) is 18.8. The second-order valence-electron chi connectivity index (χ2n) is 15.0. The van der Waals surface area contributed by atoms with Gasteiger partial charge in [-0.25, -0.2) is 0 Å². The summed E-state index contributed by atoms with van der Waals surface area (Å²) in [5, 5.41) is 0. The minimum atomic E-state index is -0.400. The molecule has 1 aromatic heterocycles. The van der Waals surface area contributed by atoms with Crippen LogP contribution < -0.4 is 0 Å². The van der Waals surface area contributed by atoms with E-state index in [4.69, 9.17) is 9.98 Å². The number of aromatic nitrogens is 1. The molecule has 10 rings (SSSR count). The third-order valence-electron chi connectivity index (χ3n) is 11.9. The predicted octanol–water partition coefficient (Wildman–Crippen LogP) is 12.4. The maximum absolute atomic E-state index is 5.83. The zero-order chi connectivity index (χ0) is 35.7. The zero-order valence-corrected chi connectivity index (χ0v) is 31.1. The van der Waals surface area contributed by atoms with Gasteiger partial charge in [0.05, 0.1) is 17.2 Å². The van der Waals surface area contributed by atoms with Crippen molar-refractivity contribution in [2.75, 3.05) is 0 Å². The Morgan fingerprint density at radius 1 is 0.566 bits per heavy atom. The van der Waals surface area contributed by atoms with E-state index in [1.54, 1.807) is 0 Å². The topological polar surface area (TPSA) is 25.2 Å². The molecule has 2 atom stereocenters. The summed E-state index contributed by atoms with van der Waals surface area (Å²) in [7, 11) is 0. The predicted molar refractivity (Wildman–Crippen MR) is 219 cm³/mol. The van der Waals surface area contributed by atoms with Crippen LogP contribution in [0.3, 0.4) is 0 Å². The van der Waals surface area contributed by atoms with Crippen molar-refractivity contribution in [1.29, 1.82) is 0 Å². The molecule has 7 aromatic rings. The highest BCUT2D eigenvalue weighted by molar-refractivity contribution is 7.99. The van der Waals surface area contributed by atoms with Gasteiger partial charge in [0.2, 0.25) is 0 Å². The van der Waals surface area contributed by atoms with Crippen molar-refractivity contribution in [3.63, 3.8) is 0 Å². The summed E-state index contributed by atoms with van der Waals surface area (Å²) in [6, 6.07) is 56.7. The number of hydrogen-bond donors (Lipinski definition) is 0. The van der Waals surface area contributed by atoms with Crippen LogP contribution in [0.2, 0.25) is 0 Å². The van der Waals surface area contributed by atoms with E-state index in [0.29, 0.717) is 5.92 Å². The monoisotopic (exact) mass is 700 g/mol. The largest absolute Gasteiger partial charge is 0.276 e. The van der Waals surface area contributed by atoms with E-state index in [-0.39, 0.29) is 6.04 Å². The first-order chi connectivity index (χ1) is 26.0. The van der Waals surface area contributed by atoms with Gasteiger partial charge in [0.25, 0.3) is 0 Å². The summed E-state index contributed by atoms with van der Waals surface area (Å²) in [6.07, 6.45) is 2.10. The highest BCUT2D eigenvalue weighted by atomic mass is 32.2. The SMILES string of the molecule is Cc1ccc(-c2ccc(C3=NC(c4ccc5c(c4)C4(c6ccccc6Sc6ccccc64)c4ccccc4-5)C(C)CCc4ccccc43)cc2)c(C)n1. The fraction of sp³-hybridized carbons (Fsp3) is 0.160. The molecule has 2 aliphatic heterocycles. The lowest BCUT2D eigenvalue weighted by molar-refractivity contribution is 0.438. The van der Waals surface area contributed by atoms with Crippen molar-refractivity contribution >= 4 is 17.5 Å². The Hall–Kier alpha value is -5.51. The molecule has 3 heteroatoms. The lowest BCUT2D eigenvalue weighted by Crippen LogP contribution is -2.32. The van der Waals surface area contributed by atoms with Crippen LogP contribution in [-0.2, 0) is 11.8 Å². The van der Waals surface area contributed by atoms with E-state index < -0.39 is 5.41 Å². The minimum Gasteiger partial charge on any atom is -0.276 e. The number of benzene rings is 6. The van der Waals surface area contributed by atoms with Crippen molar-refractivity contribution in [2.45, 2.75) is 54.9 Å². The Morgan fingerprint density at radius 2 is 1.17 bits per heavy atom. The molecule has 256 valence electrons. The molecule has 3 heterocycles. The van der Waals surface area contributed by atoms with E-state index in [1.807, 2.05) is 18.7 Å². The average molecular weight is 701 g/mol. The standard InChI is InChI=1S/C50H40N2S/c1-31-20-22-34-12-4-5-13-39(34)49(36-25-23-35(24-26-36)38-28-21-32(2)51-33(38)3)52-48(31)37-27-29-41-40-14-6-7-15-42(40)50(45(41)30-37)43-16-8-10-18-46(43)53-47-19-11-9-17-44(47)50/h4-19,21,23-31,48H,20,22H2,1-3H3. The fourth-order valence-corrected chi connectivity index (χ4v) is 10.5. The fourth-order valence-electron chi connectivity index (χ4n) is 9.33. The number of hydrogen-bond acceptors (Lipinski definition) is 3. The third kappa shape index (κ3) is 5.01. The van der Waals surface area contributed by atoms with Crippen LogP contribution in [0, 0.1) is 19.8 Å². The Labute approximate surface area is 316 Å². The normalized spacial score (nSPS) is 17.8. The van der Waals surface area contributed by atoms with Gasteiger partial charge in [-0.1, -0.05) is 152 Å². The van der Waals surface area contributed by atoms with E-state index in [2.05, 4.69) is 166 Å². The average Bonchev–Trinajstić information content (AvgIpc) is 3.47. The molecule has 0 amide bonds. The van der Waals surface area contributed by atoms with Crippen LogP contribution in [0.1, 0.15) is 75.3 Å². The second kappa shape index (κ2) is 12.6. The van der Waals surface area contributed by atoms with Crippen LogP contribution >= 0.6 is 11.8 Å². The third-order valence-corrected chi connectivity index (χ3v) is 13.0. The van der Waals surface area contributed by atoms with Gasteiger partial charge in [0.1, 0.15) is 0 Å². The molecule has 2 unspecified atom stereocenters. The number of nitrogens with zero attached hydrogens (tertiary/aromatic N) is 2. The van der Waals surface area contributed by atoms with Crippen LogP contribution in [-0.4, -0.2) is 10.7 Å². The molecule has 0 radical (unpaired) electrons. The minimum absolute atomic E-state index is 0.00362. The zero-order valence-electron chi connectivity index (χ0n) is 30.3. The number of rotatable bonds is 3. The smallest absolute Gasteiger partial charge is 0.0782 e. The Bertz CT molecular complexity index is 2550. The molecule has 0 bridgehead atoms. The Kier molecular flexibility index (Phi) is 7.63. The van der Waals surface area contributed by atoms with Gasteiger partial charge in [0.15, 0.2) is 0 Å². The van der Waals surface area contributed by atoms with Gasteiger partial charge in [-0.3, -0.25) is 9.98 Å².